The summed E-state index contributed by atoms with van der Waals surface area (Å²) in [6.45, 7) is 0.240. The molecule has 1 rings (SSSR count). The number of anilines is 1. The zero-order valence-corrected chi connectivity index (χ0v) is 12.2. The minimum Gasteiger partial charge on any atom is -0.497 e. The van der Waals surface area contributed by atoms with Crippen LogP contribution in [0.3, 0.4) is 0 Å². The minimum absolute atomic E-state index is 0.240. The van der Waals surface area contributed by atoms with E-state index in [0.29, 0.717) is 0 Å². The zero-order valence-electron chi connectivity index (χ0n) is 7.92. The van der Waals surface area contributed by atoms with Crippen LogP contribution in [0.4, 0.5) is 10.5 Å². The highest BCUT2D eigenvalue weighted by Gasteiger charge is 2.05. The van der Waals surface area contributed by atoms with Gasteiger partial charge in [0.1, 0.15) is 12.4 Å². The lowest BCUT2D eigenvalue weighted by molar-refractivity contribution is 0.172. The van der Waals surface area contributed by atoms with Gasteiger partial charge in [-0.05, 0) is 18.2 Å². The average Bonchev–Trinajstić information content (AvgIpc) is 2.25. The van der Waals surface area contributed by atoms with Gasteiger partial charge in [-0.1, -0.05) is 0 Å². The van der Waals surface area contributed by atoms with Crippen molar-refractivity contribution < 1.29 is 14.3 Å². The molecule has 0 unspecified atom stereocenters. The van der Waals surface area contributed by atoms with Gasteiger partial charge in [0.25, 0.3) is 0 Å². The molecule has 15 heavy (non-hydrogen) atoms. The number of rotatable bonds is 4. The monoisotopic (exact) mass is 433 g/mol. The summed E-state index contributed by atoms with van der Waals surface area (Å²) in [5, 5.41) is 0. The fourth-order valence-electron chi connectivity index (χ4n) is 1.04. The molecule has 1 aromatic rings. The molecule has 0 aliphatic heterocycles. The SMILES string of the molecule is COc1ccc(NI)c(COC(=O)I)c1. The van der Waals surface area contributed by atoms with Crippen molar-refractivity contribution in [1.29, 1.82) is 0 Å². The summed E-state index contributed by atoms with van der Waals surface area (Å²) in [4.78, 5) is 10.7. The van der Waals surface area contributed by atoms with Crippen LogP contribution in [-0.2, 0) is 11.3 Å². The van der Waals surface area contributed by atoms with E-state index < -0.39 is 0 Å². The number of nitrogens with one attached hydrogen (secondary N) is 1. The third-order valence-corrected chi connectivity index (χ3v) is 2.65. The third-order valence-electron chi connectivity index (χ3n) is 1.76. The first-order valence-electron chi connectivity index (χ1n) is 4.03. The Bertz CT molecular complexity index is 357. The highest BCUT2D eigenvalue weighted by Crippen LogP contribution is 2.24. The standard InChI is InChI=1S/C9H9I2NO3/c1-14-7-2-3-8(12-11)6(4-7)5-15-9(10)13/h2-4,12H,5H2,1H3. The van der Waals surface area contributed by atoms with Crippen LogP contribution in [0, 0.1) is 0 Å². The zero-order chi connectivity index (χ0) is 11.3. The quantitative estimate of drug-likeness (QED) is 0.449. The molecule has 82 valence electrons. The maximum Gasteiger partial charge on any atom is 0.367 e. The fourth-order valence-corrected chi connectivity index (χ4v) is 1.73. The van der Waals surface area contributed by atoms with E-state index in [1.165, 1.54) is 0 Å². The van der Waals surface area contributed by atoms with Gasteiger partial charge in [0.15, 0.2) is 0 Å². The lowest BCUT2D eigenvalue weighted by Gasteiger charge is -2.09. The molecule has 4 nitrogen and oxygen atoms in total. The number of benzene rings is 1. The first-order valence-corrected chi connectivity index (χ1v) is 6.19. The molecule has 0 heterocycles. The van der Waals surface area contributed by atoms with Gasteiger partial charge in [-0.25, -0.2) is 4.79 Å². The van der Waals surface area contributed by atoms with E-state index in [1.807, 2.05) is 41.1 Å². The van der Waals surface area contributed by atoms with E-state index in [-0.39, 0.29) is 10.6 Å². The Morgan fingerprint density at radius 1 is 1.53 bits per heavy atom. The summed E-state index contributed by atoms with van der Waals surface area (Å²) < 4.78 is 12.7. The van der Waals surface area contributed by atoms with E-state index in [0.717, 1.165) is 17.0 Å². The van der Waals surface area contributed by atoms with Crippen LogP contribution < -0.4 is 8.27 Å². The number of halogens is 2. The van der Waals surface area contributed by atoms with E-state index >= 15 is 0 Å². The summed E-state index contributed by atoms with van der Waals surface area (Å²) in [5.74, 6) is 0.741. The summed E-state index contributed by atoms with van der Waals surface area (Å²) in [6.07, 6.45) is 0. The molecule has 1 aromatic carbocycles. The summed E-state index contributed by atoms with van der Waals surface area (Å²) >= 11 is 3.62. The highest BCUT2D eigenvalue weighted by atomic mass is 127. The molecule has 0 saturated heterocycles. The molecule has 0 aliphatic carbocycles. The van der Waals surface area contributed by atoms with E-state index in [4.69, 9.17) is 9.47 Å². The number of hydrogen-bond acceptors (Lipinski definition) is 4. The van der Waals surface area contributed by atoms with Gasteiger partial charge in [-0.3, -0.25) is 0 Å². The first-order chi connectivity index (χ1) is 7.17. The molecule has 0 fully saturated rings. The van der Waals surface area contributed by atoms with Crippen LogP contribution in [0.25, 0.3) is 0 Å². The van der Waals surface area contributed by atoms with Crippen molar-refractivity contribution in [1.82, 2.24) is 0 Å². The number of ether oxygens (including phenoxy) is 2. The van der Waals surface area contributed by atoms with Crippen molar-refractivity contribution in [2.45, 2.75) is 6.61 Å². The predicted molar refractivity (Wildman–Crippen MR) is 74.8 cm³/mol. The van der Waals surface area contributed by atoms with Crippen LogP contribution in [0.5, 0.6) is 5.75 Å². The second kappa shape index (κ2) is 6.36. The van der Waals surface area contributed by atoms with Crippen LogP contribution in [-0.4, -0.2) is 11.1 Å². The molecule has 0 aromatic heterocycles. The van der Waals surface area contributed by atoms with E-state index in [1.54, 1.807) is 29.7 Å². The van der Waals surface area contributed by atoms with Gasteiger partial charge in [0, 0.05) is 11.3 Å². The largest absolute Gasteiger partial charge is 0.497 e. The van der Waals surface area contributed by atoms with Crippen molar-refractivity contribution in [3.8, 4) is 5.75 Å². The van der Waals surface area contributed by atoms with Gasteiger partial charge in [-0.15, -0.1) is 0 Å². The molecule has 0 amide bonds. The molecular formula is C9H9I2NO3. The molecule has 6 heteroatoms. The van der Waals surface area contributed by atoms with E-state index in [9.17, 15) is 4.79 Å². The van der Waals surface area contributed by atoms with Crippen molar-refractivity contribution in [3.05, 3.63) is 23.8 Å². The van der Waals surface area contributed by atoms with Gasteiger partial charge in [0.2, 0.25) is 0 Å². The molecule has 0 radical (unpaired) electrons. The molecular weight excluding hydrogens is 424 g/mol. The number of methoxy groups -OCH3 is 1. The predicted octanol–water partition coefficient (Wildman–Crippen LogP) is 3.53. The number of hydrogen-bond donors (Lipinski definition) is 1. The lowest BCUT2D eigenvalue weighted by Crippen LogP contribution is -1.98. The van der Waals surface area contributed by atoms with Crippen molar-refractivity contribution in [2.75, 3.05) is 10.6 Å². The average molecular weight is 433 g/mol. The Morgan fingerprint density at radius 2 is 2.27 bits per heavy atom. The number of carbonyl (C=O) groups excluding carboxylic acids is 1. The molecule has 0 saturated carbocycles. The van der Waals surface area contributed by atoms with Gasteiger partial charge < -0.3 is 13.0 Å². The number of carbonyl (C=O) groups is 1. The van der Waals surface area contributed by atoms with Crippen LogP contribution in [0.1, 0.15) is 5.56 Å². The molecule has 0 atom stereocenters. The minimum atomic E-state index is -0.324. The van der Waals surface area contributed by atoms with Gasteiger partial charge in [0.05, 0.1) is 52.6 Å². The van der Waals surface area contributed by atoms with Gasteiger partial charge >= 0.3 is 3.98 Å². The summed E-state index contributed by atoms with van der Waals surface area (Å²) in [5.41, 5.74) is 1.79. The maximum atomic E-state index is 10.7. The Hall–Kier alpha value is -0.250. The molecule has 0 spiro atoms. The molecule has 0 bridgehead atoms. The lowest BCUT2D eigenvalue weighted by atomic mass is 10.2. The van der Waals surface area contributed by atoms with Crippen molar-refractivity contribution >= 4 is 55.1 Å². The van der Waals surface area contributed by atoms with Crippen LogP contribution in [0.15, 0.2) is 18.2 Å². The second-order valence-electron chi connectivity index (χ2n) is 2.64. The first kappa shape index (κ1) is 12.8. The van der Waals surface area contributed by atoms with Crippen molar-refractivity contribution in [2.24, 2.45) is 0 Å². The van der Waals surface area contributed by atoms with Crippen LogP contribution >= 0.6 is 45.5 Å². The summed E-state index contributed by atoms with van der Waals surface area (Å²) in [7, 11) is 1.60. The van der Waals surface area contributed by atoms with Crippen molar-refractivity contribution in [3.63, 3.8) is 0 Å². The topological polar surface area (TPSA) is 47.6 Å². The third kappa shape index (κ3) is 4.01. The summed E-state index contributed by atoms with van der Waals surface area (Å²) in [6, 6.07) is 5.55. The fraction of sp³-hybridized carbons (Fsp3) is 0.222. The van der Waals surface area contributed by atoms with Gasteiger partial charge in [-0.2, -0.15) is 0 Å². The highest BCUT2D eigenvalue weighted by molar-refractivity contribution is 14.1. The Morgan fingerprint density at radius 3 is 2.80 bits per heavy atom. The smallest absolute Gasteiger partial charge is 0.367 e. The Labute approximate surface area is 115 Å². The second-order valence-corrected chi connectivity index (χ2v) is 4.06. The normalized spacial score (nSPS) is 9.53. The molecule has 0 aliphatic rings. The maximum absolute atomic E-state index is 10.7. The Balaban J connectivity index is 2.85. The van der Waals surface area contributed by atoms with E-state index in [2.05, 4.69) is 3.53 Å². The van der Waals surface area contributed by atoms with Crippen LogP contribution in [0.2, 0.25) is 0 Å². The Kier molecular flexibility index (Phi) is 5.43. The molecule has 1 N–H and O–H groups in total.